The van der Waals surface area contributed by atoms with Crippen molar-refractivity contribution in [3.63, 3.8) is 0 Å². The van der Waals surface area contributed by atoms with Gasteiger partial charge in [-0.3, -0.25) is 19.9 Å². The lowest BCUT2D eigenvalue weighted by Gasteiger charge is -2.09. The van der Waals surface area contributed by atoms with Crippen molar-refractivity contribution < 1.29 is 31.9 Å². The number of hydrogen-bond acceptors (Lipinski definition) is 6. The Bertz CT molecular complexity index is 1270. The van der Waals surface area contributed by atoms with Crippen molar-refractivity contribution in [3.05, 3.63) is 64.5 Å². The number of amides is 2. The van der Waals surface area contributed by atoms with Crippen molar-refractivity contribution in [2.75, 3.05) is 0 Å². The molecule has 2 amide bonds. The average molecular weight is 430 g/mol. The molecule has 4 rings (SSSR count). The lowest BCUT2D eigenvalue weighted by molar-refractivity contribution is -0.274. The third-order valence-corrected chi connectivity index (χ3v) is 4.61. The molecule has 0 saturated carbocycles. The number of thioether (sulfide) groups is 1. The van der Waals surface area contributed by atoms with Gasteiger partial charge < -0.3 is 9.15 Å². The Kier molecular flexibility index (Phi) is 4.97. The standard InChI is InChI=1S/C20H9F3N2O4S/c21-20(22,23)29-15-4-2-1-3-11(15)5-6-12-9-24-10-13-7-14(28-17(12)13)8-16-18(26)25-19(27)30-16/h1-4,7-10H,(H,25,26,27). The summed E-state index contributed by atoms with van der Waals surface area (Å²) in [5, 5.41) is 2.24. The van der Waals surface area contributed by atoms with Crippen LogP contribution in [0, 0.1) is 11.8 Å². The number of halogens is 3. The van der Waals surface area contributed by atoms with Crippen LogP contribution in [0.2, 0.25) is 0 Å². The molecule has 1 aromatic carbocycles. The molecule has 1 aliphatic heterocycles. The summed E-state index contributed by atoms with van der Waals surface area (Å²) >= 11 is 0.748. The summed E-state index contributed by atoms with van der Waals surface area (Å²) in [5.41, 5.74) is 0.713. The number of carbonyl (C=O) groups is 2. The van der Waals surface area contributed by atoms with E-state index in [2.05, 4.69) is 26.9 Å². The van der Waals surface area contributed by atoms with Crippen LogP contribution in [0.5, 0.6) is 5.75 Å². The van der Waals surface area contributed by atoms with Gasteiger partial charge in [-0.15, -0.1) is 13.2 Å². The van der Waals surface area contributed by atoms with Crippen LogP contribution in [0.15, 0.2) is 52.0 Å². The Morgan fingerprint density at radius 3 is 2.63 bits per heavy atom. The molecule has 6 nitrogen and oxygen atoms in total. The van der Waals surface area contributed by atoms with Gasteiger partial charge in [-0.05, 0) is 30.0 Å². The molecule has 30 heavy (non-hydrogen) atoms. The highest BCUT2D eigenvalue weighted by Crippen LogP contribution is 2.29. The number of ether oxygens (including phenoxy) is 1. The molecular formula is C20H9F3N2O4S. The summed E-state index contributed by atoms with van der Waals surface area (Å²) in [4.78, 5) is 27.2. The second-order valence-corrected chi connectivity index (χ2v) is 6.92. The highest BCUT2D eigenvalue weighted by Gasteiger charge is 2.31. The van der Waals surface area contributed by atoms with E-state index in [1.165, 1.54) is 42.7 Å². The maximum absolute atomic E-state index is 12.6. The van der Waals surface area contributed by atoms with Gasteiger partial charge in [0, 0.05) is 23.9 Å². The topological polar surface area (TPSA) is 81.4 Å². The second kappa shape index (κ2) is 7.61. The molecule has 10 heteroatoms. The predicted molar refractivity (Wildman–Crippen MR) is 102 cm³/mol. The van der Waals surface area contributed by atoms with Crippen molar-refractivity contribution in [2.45, 2.75) is 6.36 Å². The summed E-state index contributed by atoms with van der Waals surface area (Å²) in [6.45, 7) is 0. The van der Waals surface area contributed by atoms with Crippen molar-refractivity contribution in [1.82, 2.24) is 10.3 Å². The molecule has 0 radical (unpaired) electrons. The fourth-order valence-corrected chi connectivity index (χ4v) is 3.27. The molecule has 0 unspecified atom stereocenters. The highest BCUT2D eigenvalue weighted by atomic mass is 32.2. The maximum atomic E-state index is 12.6. The second-order valence-electron chi connectivity index (χ2n) is 5.90. The number of aromatic nitrogens is 1. The van der Waals surface area contributed by atoms with E-state index < -0.39 is 23.3 Å². The van der Waals surface area contributed by atoms with E-state index in [0.29, 0.717) is 22.3 Å². The van der Waals surface area contributed by atoms with E-state index in [1.807, 2.05) is 0 Å². The third kappa shape index (κ3) is 4.31. The Labute approximate surface area is 171 Å². The highest BCUT2D eigenvalue weighted by molar-refractivity contribution is 8.18. The number of imide groups is 1. The summed E-state index contributed by atoms with van der Waals surface area (Å²) < 4.78 is 47.4. The minimum atomic E-state index is -4.84. The number of carbonyl (C=O) groups excluding carboxylic acids is 2. The first-order valence-corrected chi connectivity index (χ1v) is 9.09. The van der Waals surface area contributed by atoms with Crippen LogP contribution in [0.4, 0.5) is 18.0 Å². The Balaban J connectivity index is 1.69. The van der Waals surface area contributed by atoms with Gasteiger partial charge in [-0.1, -0.05) is 24.0 Å². The number of fused-ring (bicyclic) bond motifs is 1. The van der Waals surface area contributed by atoms with E-state index in [4.69, 9.17) is 4.42 Å². The zero-order chi connectivity index (χ0) is 21.3. The van der Waals surface area contributed by atoms with Crippen LogP contribution in [0.3, 0.4) is 0 Å². The van der Waals surface area contributed by atoms with Crippen LogP contribution in [-0.4, -0.2) is 22.5 Å². The zero-order valence-corrected chi connectivity index (χ0v) is 15.6. The normalized spacial score (nSPS) is 15.2. The third-order valence-electron chi connectivity index (χ3n) is 3.80. The Hall–Kier alpha value is -3.71. The van der Waals surface area contributed by atoms with Crippen molar-refractivity contribution >= 4 is 40.0 Å². The van der Waals surface area contributed by atoms with Crippen LogP contribution in [-0.2, 0) is 4.79 Å². The molecule has 1 fully saturated rings. The smallest absolute Gasteiger partial charge is 0.455 e. The molecule has 2 aromatic heterocycles. The predicted octanol–water partition coefficient (Wildman–Crippen LogP) is 4.45. The largest absolute Gasteiger partial charge is 0.573 e. The number of nitrogens with one attached hydrogen (secondary N) is 1. The molecule has 3 aromatic rings. The molecule has 3 heterocycles. The SMILES string of the molecule is O=C1NC(=O)C(=Cc2cc3cncc(C#Cc4ccccc4OC(F)(F)F)c3o2)S1. The van der Waals surface area contributed by atoms with Gasteiger partial charge in [0.1, 0.15) is 11.5 Å². The molecule has 0 aliphatic carbocycles. The van der Waals surface area contributed by atoms with Crippen LogP contribution in [0.1, 0.15) is 16.9 Å². The maximum Gasteiger partial charge on any atom is 0.573 e. The number of alkyl halides is 3. The number of furan rings is 1. The summed E-state index contributed by atoms with van der Waals surface area (Å²) in [7, 11) is 0. The fourth-order valence-electron chi connectivity index (χ4n) is 2.61. The van der Waals surface area contributed by atoms with E-state index in [0.717, 1.165) is 11.8 Å². The van der Waals surface area contributed by atoms with Gasteiger partial charge >= 0.3 is 6.36 Å². The number of nitrogens with zero attached hydrogens (tertiary/aromatic N) is 1. The zero-order valence-electron chi connectivity index (χ0n) is 14.7. The van der Waals surface area contributed by atoms with Gasteiger partial charge in [0.15, 0.2) is 5.58 Å². The first-order valence-electron chi connectivity index (χ1n) is 8.28. The van der Waals surface area contributed by atoms with Gasteiger partial charge in [0.2, 0.25) is 0 Å². The van der Waals surface area contributed by atoms with Crippen LogP contribution >= 0.6 is 11.8 Å². The van der Waals surface area contributed by atoms with Gasteiger partial charge in [-0.25, -0.2) is 0 Å². The average Bonchev–Trinajstić information content (AvgIpc) is 3.22. The number of rotatable bonds is 2. The van der Waals surface area contributed by atoms with E-state index in [-0.39, 0.29) is 10.5 Å². The summed E-state index contributed by atoms with van der Waals surface area (Å²) in [5.74, 6) is 4.73. The van der Waals surface area contributed by atoms with Gasteiger partial charge in [0.25, 0.3) is 11.1 Å². The molecular weight excluding hydrogens is 421 g/mol. The van der Waals surface area contributed by atoms with Gasteiger partial charge in [-0.2, -0.15) is 0 Å². The lowest BCUT2D eigenvalue weighted by atomic mass is 10.1. The van der Waals surface area contributed by atoms with E-state index in [9.17, 15) is 22.8 Å². The summed E-state index contributed by atoms with van der Waals surface area (Å²) in [6.07, 6.45) is -0.507. The molecule has 150 valence electrons. The molecule has 1 saturated heterocycles. The first-order chi connectivity index (χ1) is 14.3. The van der Waals surface area contributed by atoms with Crippen molar-refractivity contribution in [1.29, 1.82) is 0 Å². The van der Waals surface area contributed by atoms with Crippen LogP contribution < -0.4 is 10.1 Å². The fraction of sp³-hybridized carbons (Fsp3) is 0.0500. The van der Waals surface area contributed by atoms with Crippen LogP contribution in [0.25, 0.3) is 17.0 Å². The lowest BCUT2D eigenvalue weighted by Crippen LogP contribution is -2.17. The summed E-state index contributed by atoms with van der Waals surface area (Å²) in [6, 6.07) is 7.11. The molecule has 1 aliphatic rings. The van der Waals surface area contributed by atoms with Gasteiger partial charge in [0.05, 0.1) is 16.0 Å². The number of para-hydroxylation sites is 1. The monoisotopic (exact) mass is 430 g/mol. The minimum Gasteiger partial charge on any atom is -0.455 e. The molecule has 0 spiro atoms. The van der Waals surface area contributed by atoms with Crippen molar-refractivity contribution in [2.24, 2.45) is 0 Å². The molecule has 0 atom stereocenters. The van der Waals surface area contributed by atoms with E-state index in [1.54, 1.807) is 6.07 Å². The first kappa shape index (κ1) is 19.6. The number of hydrogen-bond donors (Lipinski definition) is 1. The van der Waals surface area contributed by atoms with E-state index >= 15 is 0 Å². The number of benzene rings is 1. The quantitative estimate of drug-likeness (QED) is 0.478. The van der Waals surface area contributed by atoms with Crippen molar-refractivity contribution in [3.8, 4) is 17.6 Å². The minimum absolute atomic E-state index is 0.0401. The molecule has 1 N–H and O–H groups in total. The molecule has 0 bridgehead atoms. The number of pyridine rings is 1. The Morgan fingerprint density at radius 2 is 1.90 bits per heavy atom. The Morgan fingerprint density at radius 1 is 1.13 bits per heavy atom.